The van der Waals surface area contributed by atoms with Crippen LogP contribution in [-0.4, -0.2) is 11.1 Å². The molecule has 15 heavy (non-hydrogen) atoms. The van der Waals surface area contributed by atoms with Crippen LogP contribution in [0.5, 0.6) is 0 Å². The first-order valence-corrected chi connectivity index (χ1v) is 4.92. The summed E-state index contributed by atoms with van der Waals surface area (Å²) in [5, 5.41) is 8.94. The summed E-state index contributed by atoms with van der Waals surface area (Å²) in [7, 11) is 0. The first kappa shape index (κ1) is 9.77. The summed E-state index contributed by atoms with van der Waals surface area (Å²) in [6.45, 7) is 2.11. The molecule has 0 radical (unpaired) electrons. The molecule has 0 amide bonds. The van der Waals surface area contributed by atoms with Crippen molar-refractivity contribution in [3.63, 3.8) is 0 Å². The number of allylic oxidation sites excluding steroid dienone is 1. The minimum absolute atomic E-state index is 0.205. The Morgan fingerprint density at radius 2 is 2.27 bits per heavy atom. The Morgan fingerprint density at radius 1 is 1.53 bits per heavy atom. The maximum absolute atomic E-state index is 10.9. The van der Waals surface area contributed by atoms with Gasteiger partial charge in [0.25, 0.3) is 0 Å². The maximum Gasteiger partial charge on any atom is 0.337 e. The fourth-order valence-corrected chi connectivity index (χ4v) is 1.88. The van der Waals surface area contributed by atoms with Crippen molar-refractivity contribution in [2.24, 2.45) is 5.92 Å². The van der Waals surface area contributed by atoms with Gasteiger partial charge >= 0.3 is 5.97 Å². The molecule has 0 aromatic heterocycles. The Balaban J connectivity index is 2.54. The van der Waals surface area contributed by atoms with Gasteiger partial charge in [-0.2, -0.15) is 0 Å². The number of fused-ring (bicyclic) bond motifs is 1. The highest BCUT2D eigenvalue weighted by Gasteiger charge is 2.15. The lowest BCUT2D eigenvalue weighted by Crippen LogP contribution is -2.09. The van der Waals surface area contributed by atoms with Crippen LogP contribution < -0.4 is 5.73 Å². The van der Waals surface area contributed by atoms with Crippen LogP contribution >= 0.6 is 0 Å². The maximum atomic E-state index is 10.9. The fraction of sp³-hybridized carbons (Fsp3) is 0.250. The lowest BCUT2D eigenvalue weighted by Gasteiger charge is -2.17. The number of rotatable bonds is 1. The molecule has 0 heterocycles. The molecule has 1 aromatic carbocycles. The van der Waals surface area contributed by atoms with Crippen molar-refractivity contribution in [3.05, 3.63) is 34.9 Å². The van der Waals surface area contributed by atoms with Gasteiger partial charge in [0.15, 0.2) is 0 Å². The topological polar surface area (TPSA) is 63.3 Å². The Hall–Kier alpha value is -1.77. The molecule has 78 valence electrons. The summed E-state index contributed by atoms with van der Waals surface area (Å²) in [5.41, 5.74) is 8.31. The van der Waals surface area contributed by atoms with E-state index in [0.29, 0.717) is 11.6 Å². The van der Waals surface area contributed by atoms with Crippen molar-refractivity contribution in [2.45, 2.75) is 13.3 Å². The van der Waals surface area contributed by atoms with Gasteiger partial charge in [0, 0.05) is 5.69 Å². The minimum Gasteiger partial charge on any atom is -0.478 e. The van der Waals surface area contributed by atoms with E-state index in [1.807, 2.05) is 6.08 Å². The molecule has 2 rings (SSSR count). The number of hydrogen-bond acceptors (Lipinski definition) is 2. The third-order valence-electron chi connectivity index (χ3n) is 2.69. The van der Waals surface area contributed by atoms with E-state index in [2.05, 4.69) is 13.0 Å². The molecule has 0 aliphatic heterocycles. The summed E-state index contributed by atoms with van der Waals surface area (Å²) in [4.78, 5) is 10.9. The van der Waals surface area contributed by atoms with E-state index in [4.69, 9.17) is 10.8 Å². The summed E-state index contributed by atoms with van der Waals surface area (Å²) < 4.78 is 0. The number of anilines is 1. The van der Waals surface area contributed by atoms with E-state index in [1.54, 1.807) is 12.1 Å². The summed E-state index contributed by atoms with van der Waals surface area (Å²) >= 11 is 0. The van der Waals surface area contributed by atoms with Gasteiger partial charge in [0.05, 0.1) is 5.56 Å². The molecule has 0 spiro atoms. The lowest BCUT2D eigenvalue weighted by atomic mass is 9.89. The predicted molar refractivity (Wildman–Crippen MR) is 59.7 cm³/mol. The molecule has 1 aliphatic rings. The SMILES string of the molecule is CC1C=Cc2cc(N)c(C(=O)O)cc2C1. The third-order valence-corrected chi connectivity index (χ3v) is 2.69. The molecule has 1 unspecified atom stereocenters. The van der Waals surface area contributed by atoms with Crippen molar-refractivity contribution >= 4 is 17.7 Å². The molecule has 1 atom stereocenters. The molecule has 3 N–H and O–H groups in total. The van der Waals surface area contributed by atoms with E-state index in [9.17, 15) is 4.79 Å². The van der Waals surface area contributed by atoms with Crippen LogP contribution in [0.25, 0.3) is 6.08 Å². The second-order valence-corrected chi connectivity index (χ2v) is 3.98. The summed E-state index contributed by atoms with van der Waals surface area (Å²) in [5.74, 6) is -0.500. The molecule has 3 nitrogen and oxygen atoms in total. The van der Waals surface area contributed by atoms with Gasteiger partial charge in [0.1, 0.15) is 0 Å². The quantitative estimate of drug-likeness (QED) is 0.687. The van der Waals surface area contributed by atoms with Crippen LogP contribution in [0.1, 0.15) is 28.4 Å². The molecule has 1 aliphatic carbocycles. The van der Waals surface area contributed by atoms with Crippen molar-refractivity contribution in [1.82, 2.24) is 0 Å². The van der Waals surface area contributed by atoms with Gasteiger partial charge in [-0.15, -0.1) is 0 Å². The Bertz CT molecular complexity index is 449. The normalized spacial score (nSPS) is 18.6. The number of nitrogens with two attached hydrogens (primary N) is 1. The Kier molecular flexibility index (Phi) is 2.23. The van der Waals surface area contributed by atoms with E-state index in [0.717, 1.165) is 17.5 Å². The predicted octanol–water partition coefficient (Wildman–Crippen LogP) is 2.17. The van der Waals surface area contributed by atoms with Crippen molar-refractivity contribution < 1.29 is 9.90 Å². The number of benzene rings is 1. The lowest BCUT2D eigenvalue weighted by molar-refractivity contribution is 0.0698. The average molecular weight is 203 g/mol. The molecule has 0 saturated carbocycles. The fourth-order valence-electron chi connectivity index (χ4n) is 1.88. The third kappa shape index (κ3) is 1.73. The highest BCUT2D eigenvalue weighted by Crippen LogP contribution is 2.27. The molecule has 0 bridgehead atoms. The molecular weight excluding hydrogens is 190 g/mol. The van der Waals surface area contributed by atoms with Crippen LogP contribution in [-0.2, 0) is 6.42 Å². The smallest absolute Gasteiger partial charge is 0.337 e. The number of carboxylic acid groups (broad SMARTS) is 1. The van der Waals surface area contributed by atoms with Crippen LogP contribution in [0.15, 0.2) is 18.2 Å². The zero-order valence-corrected chi connectivity index (χ0v) is 8.53. The number of nitrogen functional groups attached to an aromatic ring is 1. The zero-order valence-electron chi connectivity index (χ0n) is 8.53. The van der Waals surface area contributed by atoms with Crippen LogP contribution in [0, 0.1) is 5.92 Å². The highest BCUT2D eigenvalue weighted by molar-refractivity contribution is 5.94. The highest BCUT2D eigenvalue weighted by atomic mass is 16.4. The zero-order chi connectivity index (χ0) is 11.0. The minimum atomic E-state index is -0.961. The van der Waals surface area contributed by atoms with Crippen LogP contribution in [0.2, 0.25) is 0 Å². The molecule has 0 fully saturated rings. The molecule has 0 saturated heterocycles. The first-order chi connectivity index (χ1) is 7.08. The largest absolute Gasteiger partial charge is 0.478 e. The second-order valence-electron chi connectivity index (χ2n) is 3.98. The van der Waals surface area contributed by atoms with Gasteiger partial charge in [0.2, 0.25) is 0 Å². The summed E-state index contributed by atoms with van der Waals surface area (Å²) in [6, 6.07) is 3.42. The van der Waals surface area contributed by atoms with E-state index < -0.39 is 5.97 Å². The second kappa shape index (κ2) is 3.42. The van der Waals surface area contributed by atoms with E-state index >= 15 is 0 Å². The van der Waals surface area contributed by atoms with Gasteiger partial charge in [-0.25, -0.2) is 4.79 Å². The number of carboxylic acids is 1. The van der Waals surface area contributed by atoms with Crippen molar-refractivity contribution in [3.8, 4) is 0 Å². The Labute approximate surface area is 88.2 Å². The molecular formula is C12H13NO2. The average Bonchev–Trinajstić information content (AvgIpc) is 2.17. The molecule has 1 aromatic rings. The van der Waals surface area contributed by atoms with Gasteiger partial charge < -0.3 is 10.8 Å². The van der Waals surface area contributed by atoms with Crippen LogP contribution in [0.3, 0.4) is 0 Å². The van der Waals surface area contributed by atoms with E-state index in [-0.39, 0.29) is 5.56 Å². The van der Waals surface area contributed by atoms with Gasteiger partial charge in [-0.3, -0.25) is 0 Å². The van der Waals surface area contributed by atoms with Gasteiger partial charge in [-0.05, 0) is 35.6 Å². The van der Waals surface area contributed by atoms with Crippen molar-refractivity contribution in [2.75, 3.05) is 5.73 Å². The number of carbonyl (C=O) groups is 1. The standard InChI is InChI=1S/C12H13NO2/c1-7-2-3-8-6-11(13)10(12(14)15)5-9(8)4-7/h2-3,5-7H,4,13H2,1H3,(H,14,15). The van der Waals surface area contributed by atoms with Gasteiger partial charge in [-0.1, -0.05) is 19.1 Å². The number of aromatic carboxylic acids is 1. The summed E-state index contributed by atoms with van der Waals surface area (Å²) in [6.07, 6.45) is 5.00. The van der Waals surface area contributed by atoms with Crippen LogP contribution in [0.4, 0.5) is 5.69 Å². The van der Waals surface area contributed by atoms with Crippen molar-refractivity contribution in [1.29, 1.82) is 0 Å². The first-order valence-electron chi connectivity index (χ1n) is 4.92. The molecule has 3 heteroatoms. The number of hydrogen-bond donors (Lipinski definition) is 2. The Morgan fingerprint density at radius 3 is 2.93 bits per heavy atom. The monoisotopic (exact) mass is 203 g/mol. The van der Waals surface area contributed by atoms with E-state index in [1.165, 1.54) is 0 Å².